The fourth-order valence-corrected chi connectivity index (χ4v) is 2.46. The zero-order valence-corrected chi connectivity index (χ0v) is 10.9. The molecule has 0 atom stereocenters. The van der Waals surface area contributed by atoms with E-state index in [1.165, 1.54) is 11.0 Å². The molecule has 0 aliphatic rings. The number of nitrogens with zero attached hydrogens (tertiary/aromatic N) is 1. The summed E-state index contributed by atoms with van der Waals surface area (Å²) in [5.74, 6) is 0. The van der Waals surface area contributed by atoms with Gasteiger partial charge in [-0.15, -0.1) is 0 Å². The van der Waals surface area contributed by atoms with Gasteiger partial charge in [0.15, 0.2) is 0 Å². The molecule has 1 heterocycles. The zero-order chi connectivity index (χ0) is 11.7. The Hall–Kier alpha value is -0.275. The summed E-state index contributed by atoms with van der Waals surface area (Å²) in [5.41, 5.74) is 1.59. The Kier molecular flexibility index (Phi) is 3.75. The van der Waals surface area contributed by atoms with Crippen molar-refractivity contribution in [3.05, 3.63) is 45.4 Å². The van der Waals surface area contributed by atoms with Crippen LogP contribution in [0.25, 0.3) is 11.1 Å². The van der Waals surface area contributed by atoms with E-state index in [0.29, 0.717) is 15.5 Å². The molecule has 0 saturated heterocycles. The third kappa shape index (κ3) is 2.21. The van der Waals surface area contributed by atoms with Gasteiger partial charge in [-0.3, -0.25) is 0 Å². The van der Waals surface area contributed by atoms with E-state index in [4.69, 9.17) is 46.6 Å². The molecule has 0 aliphatic heterocycles. The summed E-state index contributed by atoms with van der Waals surface area (Å²) in [7, 11) is 1.51. The van der Waals surface area contributed by atoms with Gasteiger partial charge < -0.3 is 0 Å². The van der Waals surface area contributed by atoms with Gasteiger partial charge in [0.2, 0.25) is 0 Å². The van der Waals surface area contributed by atoms with Crippen LogP contribution >= 0.6 is 46.6 Å². The first-order valence-electron chi connectivity index (χ1n) is 4.42. The van der Waals surface area contributed by atoms with E-state index in [0.717, 1.165) is 5.56 Å². The first-order valence-corrected chi connectivity index (χ1v) is 5.89. The van der Waals surface area contributed by atoms with Crippen LogP contribution in [0.3, 0.4) is 0 Å². The number of hydrogen-bond donors (Lipinski definition) is 0. The van der Waals surface area contributed by atoms with Crippen LogP contribution in [0.15, 0.2) is 30.3 Å². The molecule has 80 valence electrons. The second-order valence-electron chi connectivity index (χ2n) is 3.13. The molecule has 2 rings (SSSR count). The number of benzene rings is 1. The number of aromatic nitrogens is 1. The van der Waals surface area contributed by atoms with Crippen LogP contribution in [-0.2, 0) is 0 Å². The predicted molar refractivity (Wildman–Crippen MR) is 69.7 cm³/mol. The molecule has 0 spiro atoms. The van der Waals surface area contributed by atoms with Gasteiger partial charge in [0.1, 0.15) is 0 Å². The topological polar surface area (TPSA) is 3.88 Å². The van der Waals surface area contributed by atoms with Crippen LogP contribution in [0.2, 0.25) is 15.1 Å². The summed E-state index contributed by atoms with van der Waals surface area (Å²) in [6.45, 7) is 0. The SMILES string of the molecule is Clc1b[n+](Cl)c(Cl)c(Cl)c1-c1ccccc1. The molecular formula is C10H5BCl4N+. The van der Waals surface area contributed by atoms with Crippen molar-refractivity contribution in [2.24, 2.45) is 0 Å². The van der Waals surface area contributed by atoms with E-state index in [-0.39, 0.29) is 5.15 Å². The molecule has 0 amide bonds. The van der Waals surface area contributed by atoms with Gasteiger partial charge in [0.05, 0.1) is 0 Å². The minimum atomic E-state index is 0.242. The van der Waals surface area contributed by atoms with Crippen molar-refractivity contribution < 1.29 is 3.99 Å². The molecule has 0 bridgehead atoms. The van der Waals surface area contributed by atoms with Gasteiger partial charge >= 0.3 is 114 Å². The molecule has 0 unspecified atom stereocenters. The van der Waals surface area contributed by atoms with E-state index >= 15 is 0 Å². The first-order chi connectivity index (χ1) is 7.61. The van der Waals surface area contributed by atoms with Crippen LogP contribution in [-0.4, -0.2) is 7.05 Å². The predicted octanol–water partition coefficient (Wildman–Crippen LogP) is 3.94. The molecule has 0 saturated carbocycles. The standard InChI is InChI=1S/C10H5BCl4N/c12-8-7(6-4-2-1-3-5-6)9(13)11-16(15)10(8)14/h1-5H/q+1. The van der Waals surface area contributed by atoms with E-state index in [1.54, 1.807) is 0 Å². The number of rotatable bonds is 1. The third-order valence-corrected chi connectivity index (χ3v) is 3.59. The Morgan fingerprint density at radius 1 is 1.00 bits per heavy atom. The van der Waals surface area contributed by atoms with Crippen molar-refractivity contribution in [2.75, 3.05) is 0 Å². The van der Waals surface area contributed by atoms with Crippen LogP contribution in [0.1, 0.15) is 0 Å². The van der Waals surface area contributed by atoms with Crippen molar-refractivity contribution >= 4 is 53.6 Å². The summed E-state index contributed by atoms with van der Waals surface area (Å²) in [6, 6.07) is 9.52. The van der Waals surface area contributed by atoms with Gasteiger partial charge in [-0.2, -0.15) is 0 Å². The van der Waals surface area contributed by atoms with Crippen molar-refractivity contribution in [3.8, 4) is 11.1 Å². The van der Waals surface area contributed by atoms with Crippen molar-refractivity contribution in [1.29, 1.82) is 0 Å². The third-order valence-electron chi connectivity index (χ3n) is 2.12. The van der Waals surface area contributed by atoms with Gasteiger partial charge in [0.25, 0.3) is 0 Å². The maximum atomic E-state index is 6.12. The van der Waals surface area contributed by atoms with Crippen LogP contribution < -0.4 is 3.99 Å². The van der Waals surface area contributed by atoms with Gasteiger partial charge in [-0.05, 0) is 0 Å². The average Bonchev–Trinajstić information content (AvgIpc) is 2.28. The fourth-order valence-electron chi connectivity index (χ4n) is 1.39. The van der Waals surface area contributed by atoms with Crippen molar-refractivity contribution in [2.45, 2.75) is 0 Å². The summed E-state index contributed by atoms with van der Waals surface area (Å²) in [6.07, 6.45) is 0. The summed E-state index contributed by atoms with van der Waals surface area (Å²) in [4.78, 5) is 0.454. The van der Waals surface area contributed by atoms with E-state index in [2.05, 4.69) is 0 Å². The van der Waals surface area contributed by atoms with Gasteiger partial charge in [0, 0.05) is 0 Å². The molecule has 1 nitrogen and oxygen atoms in total. The molecule has 16 heavy (non-hydrogen) atoms. The molecular weight excluding hydrogens is 287 g/mol. The Labute approximate surface area is 114 Å². The minimum absolute atomic E-state index is 0.242. The second-order valence-corrected chi connectivity index (χ2v) is 4.64. The Balaban J connectivity index is 2.71. The van der Waals surface area contributed by atoms with Crippen molar-refractivity contribution in [3.63, 3.8) is 0 Å². The molecule has 0 fully saturated rings. The second kappa shape index (κ2) is 4.93. The van der Waals surface area contributed by atoms with E-state index in [1.807, 2.05) is 30.3 Å². The Morgan fingerprint density at radius 3 is 2.25 bits per heavy atom. The summed E-state index contributed by atoms with van der Waals surface area (Å²) in [5, 5.41) is 0.585. The van der Waals surface area contributed by atoms with E-state index in [9.17, 15) is 0 Å². The van der Waals surface area contributed by atoms with Crippen molar-refractivity contribution in [1.82, 2.24) is 0 Å². The Morgan fingerprint density at radius 2 is 1.62 bits per heavy atom. The molecule has 1 aromatic carbocycles. The molecule has 2 aromatic rings. The zero-order valence-electron chi connectivity index (χ0n) is 7.92. The summed E-state index contributed by atoms with van der Waals surface area (Å²) < 4.78 is 1.17. The molecule has 6 heteroatoms. The Bertz CT molecular complexity index is 530. The van der Waals surface area contributed by atoms with Crippen LogP contribution in [0.4, 0.5) is 0 Å². The summed E-state index contributed by atoms with van der Waals surface area (Å²) >= 11 is 23.9. The fraction of sp³-hybridized carbons (Fsp3) is 0. The molecule has 0 N–H and O–H groups in total. The monoisotopic (exact) mass is 290 g/mol. The molecule has 0 radical (unpaired) electrons. The average molecular weight is 292 g/mol. The molecule has 1 aromatic heterocycles. The molecule has 0 aliphatic carbocycles. The quantitative estimate of drug-likeness (QED) is 0.749. The van der Waals surface area contributed by atoms with Crippen LogP contribution in [0.5, 0.6) is 0 Å². The normalized spacial score (nSPS) is 10.2. The van der Waals surface area contributed by atoms with Gasteiger partial charge in [-0.1, -0.05) is 0 Å². The number of halogens is 4. The van der Waals surface area contributed by atoms with Gasteiger partial charge in [-0.25, -0.2) is 0 Å². The van der Waals surface area contributed by atoms with E-state index < -0.39 is 0 Å². The maximum absolute atomic E-state index is 6.12. The first kappa shape index (κ1) is 12.2. The van der Waals surface area contributed by atoms with Crippen LogP contribution in [0, 0.1) is 0 Å². The number of hydrogen-bond acceptors (Lipinski definition) is 0.